The van der Waals surface area contributed by atoms with Crippen LogP contribution in [0.2, 0.25) is 0 Å². The third-order valence-corrected chi connectivity index (χ3v) is 5.94. The molecule has 0 unspecified atom stereocenters. The fourth-order valence-electron chi connectivity index (χ4n) is 4.17. The number of rotatable bonds is 6. The molecule has 1 amide bonds. The van der Waals surface area contributed by atoms with Crippen molar-refractivity contribution in [3.05, 3.63) is 103 Å². The molecule has 38 heavy (non-hydrogen) atoms. The molecule has 9 nitrogen and oxygen atoms in total. The van der Waals surface area contributed by atoms with Crippen LogP contribution in [0.25, 0.3) is 33.2 Å². The maximum absolute atomic E-state index is 12.2. The second-order valence-corrected chi connectivity index (χ2v) is 8.46. The molecule has 0 spiro atoms. The lowest BCUT2D eigenvalue weighted by Crippen LogP contribution is -2.17. The van der Waals surface area contributed by atoms with Gasteiger partial charge in [0.15, 0.2) is 0 Å². The molecule has 0 fully saturated rings. The van der Waals surface area contributed by atoms with E-state index in [0.29, 0.717) is 17.2 Å². The Balaban J connectivity index is 1.17. The van der Waals surface area contributed by atoms with E-state index in [9.17, 15) is 4.79 Å². The zero-order chi connectivity index (χ0) is 25.9. The summed E-state index contributed by atoms with van der Waals surface area (Å²) in [6.07, 6.45) is 0.867. The number of para-hydroxylation sites is 2. The minimum absolute atomic E-state index is 0.182. The molecule has 0 bridgehead atoms. The van der Waals surface area contributed by atoms with Gasteiger partial charge in [0.1, 0.15) is 23.3 Å². The van der Waals surface area contributed by atoms with Crippen molar-refractivity contribution in [1.82, 2.24) is 15.0 Å². The standard InChI is InChI=1S/C29H22N6O3/c30-16-20-5-3-10-27(34-20)38-29(36)35-19-13-11-18(12-14-19)33-26-15-24(31-17-32-26)23-8-4-7-22-21-6-1-2-9-25(21)37-28(22)23/h1-15,17H,16,30H2,(H,35,36)(H,31,32,33). The Hall–Kier alpha value is -5.28. The highest BCUT2D eigenvalue weighted by atomic mass is 16.6. The Morgan fingerprint density at radius 2 is 1.66 bits per heavy atom. The normalized spacial score (nSPS) is 11.0. The van der Waals surface area contributed by atoms with Gasteiger partial charge in [0, 0.05) is 46.4 Å². The molecule has 0 saturated carbocycles. The summed E-state index contributed by atoms with van der Waals surface area (Å²) in [7, 11) is 0. The van der Waals surface area contributed by atoms with Gasteiger partial charge >= 0.3 is 6.09 Å². The van der Waals surface area contributed by atoms with Crippen LogP contribution >= 0.6 is 0 Å². The number of hydrogen-bond acceptors (Lipinski definition) is 8. The van der Waals surface area contributed by atoms with Gasteiger partial charge in [0.2, 0.25) is 5.88 Å². The van der Waals surface area contributed by atoms with Crippen molar-refractivity contribution >= 4 is 45.2 Å². The van der Waals surface area contributed by atoms with Crippen LogP contribution in [-0.2, 0) is 6.54 Å². The van der Waals surface area contributed by atoms with E-state index in [1.165, 1.54) is 6.33 Å². The number of aromatic nitrogens is 3. The van der Waals surface area contributed by atoms with Crippen LogP contribution in [0.15, 0.2) is 102 Å². The summed E-state index contributed by atoms with van der Waals surface area (Å²) >= 11 is 0. The highest BCUT2D eigenvalue weighted by Gasteiger charge is 2.13. The Labute approximate surface area is 217 Å². The highest BCUT2D eigenvalue weighted by Crippen LogP contribution is 2.35. The molecule has 3 aromatic heterocycles. The predicted octanol–water partition coefficient (Wildman–Crippen LogP) is 6.25. The second kappa shape index (κ2) is 10.00. The van der Waals surface area contributed by atoms with E-state index in [1.807, 2.05) is 60.7 Å². The molecule has 6 rings (SSSR count). The van der Waals surface area contributed by atoms with Gasteiger partial charge in [0.25, 0.3) is 0 Å². The minimum atomic E-state index is -0.646. The van der Waals surface area contributed by atoms with E-state index >= 15 is 0 Å². The molecule has 0 aliphatic heterocycles. The van der Waals surface area contributed by atoms with Crippen LogP contribution in [0, 0.1) is 0 Å². The van der Waals surface area contributed by atoms with Crippen molar-refractivity contribution in [2.24, 2.45) is 5.73 Å². The van der Waals surface area contributed by atoms with Crippen molar-refractivity contribution in [2.45, 2.75) is 6.54 Å². The third kappa shape index (κ3) is 4.73. The van der Waals surface area contributed by atoms with Crippen molar-refractivity contribution in [2.75, 3.05) is 10.6 Å². The number of nitrogens with zero attached hydrogens (tertiary/aromatic N) is 3. The summed E-state index contributed by atoms with van der Waals surface area (Å²) in [6, 6.07) is 28.1. The molecule has 0 atom stereocenters. The Morgan fingerprint density at radius 3 is 2.53 bits per heavy atom. The van der Waals surface area contributed by atoms with Crippen molar-refractivity contribution in [3.8, 4) is 17.1 Å². The maximum atomic E-state index is 12.2. The smallest absolute Gasteiger partial charge is 0.418 e. The number of ether oxygens (including phenoxy) is 1. The average Bonchev–Trinajstić information content (AvgIpc) is 3.33. The van der Waals surface area contributed by atoms with Crippen LogP contribution in [0.5, 0.6) is 5.88 Å². The lowest BCUT2D eigenvalue weighted by molar-refractivity contribution is 0.213. The quantitative estimate of drug-likeness (QED) is 0.244. The van der Waals surface area contributed by atoms with E-state index in [-0.39, 0.29) is 12.4 Å². The number of pyridine rings is 1. The molecule has 3 heterocycles. The van der Waals surface area contributed by atoms with E-state index in [4.69, 9.17) is 14.9 Å². The van der Waals surface area contributed by atoms with Gasteiger partial charge in [0.05, 0.1) is 11.4 Å². The van der Waals surface area contributed by atoms with Gasteiger partial charge in [-0.3, -0.25) is 5.32 Å². The van der Waals surface area contributed by atoms with Gasteiger partial charge in [-0.1, -0.05) is 36.4 Å². The van der Waals surface area contributed by atoms with Crippen molar-refractivity contribution < 1.29 is 13.9 Å². The zero-order valence-corrected chi connectivity index (χ0v) is 20.1. The van der Waals surface area contributed by atoms with Gasteiger partial charge in [-0.15, -0.1) is 0 Å². The first-order chi connectivity index (χ1) is 18.7. The number of amides is 1. The Kier molecular flexibility index (Phi) is 6.09. The van der Waals surface area contributed by atoms with Gasteiger partial charge < -0.3 is 20.2 Å². The van der Waals surface area contributed by atoms with Crippen molar-refractivity contribution in [1.29, 1.82) is 0 Å². The number of carbonyl (C=O) groups is 1. The van der Waals surface area contributed by atoms with Crippen LogP contribution in [0.3, 0.4) is 0 Å². The number of nitrogens with one attached hydrogen (secondary N) is 2. The first-order valence-electron chi connectivity index (χ1n) is 11.9. The van der Waals surface area contributed by atoms with Crippen LogP contribution < -0.4 is 21.1 Å². The number of furan rings is 1. The fourth-order valence-corrected chi connectivity index (χ4v) is 4.17. The average molecular weight is 503 g/mol. The first kappa shape index (κ1) is 23.1. The van der Waals surface area contributed by atoms with Crippen molar-refractivity contribution in [3.63, 3.8) is 0 Å². The molecule has 4 N–H and O–H groups in total. The number of anilines is 3. The Bertz CT molecular complexity index is 1760. The predicted molar refractivity (Wildman–Crippen MR) is 146 cm³/mol. The number of carbonyl (C=O) groups excluding carboxylic acids is 1. The number of hydrogen-bond donors (Lipinski definition) is 3. The lowest BCUT2D eigenvalue weighted by Gasteiger charge is -2.09. The number of fused-ring (bicyclic) bond motifs is 3. The molecule has 186 valence electrons. The SMILES string of the molecule is NCc1cccc(OC(=O)Nc2ccc(Nc3cc(-c4cccc5c4oc4ccccc45)ncn3)cc2)n1. The summed E-state index contributed by atoms with van der Waals surface area (Å²) in [5.74, 6) is 0.802. The monoisotopic (exact) mass is 502 g/mol. The summed E-state index contributed by atoms with van der Waals surface area (Å²) in [4.78, 5) is 25.2. The summed E-state index contributed by atoms with van der Waals surface area (Å²) in [6.45, 7) is 0.261. The largest absolute Gasteiger partial charge is 0.455 e. The van der Waals surface area contributed by atoms with Crippen LogP contribution in [-0.4, -0.2) is 21.0 Å². The molecule has 6 aromatic rings. The highest BCUT2D eigenvalue weighted by molar-refractivity contribution is 6.09. The zero-order valence-electron chi connectivity index (χ0n) is 20.1. The molecule has 0 aliphatic rings. The van der Waals surface area contributed by atoms with Gasteiger partial charge in [-0.05, 0) is 42.5 Å². The third-order valence-electron chi connectivity index (χ3n) is 5.94. The summed E-state index contributed by atoms with van der Waals surface area (Å²) in [5, 5.41) is 8.06. The molecule has 3 aromatic carbocycles. The van der Waals surface area contributed by atoms with E-state index < -0.39 is 6.09 Å². The molecular weight excluding hydrogens is 480 g/mol. The van der Waals surface area contributed by atoms with Gasteiger partial charge in [-0.25, -0.2) is 19.7 Å². The number of benzene rings is 3. The molecule has 0 radical (unpaired) electrons. The van der Waals surface area contributed by atoms with Crippen LogP contribution in [0.4, 0.5) is 22.0 Å². The summed E-state index contributed by atoms with van der Waals surface area (Å²) in [5.41, 5.74) is 10.8. The molecule has 9 heteroatoms. The summed E-state index contributed by atoms with van der Waals surface area (Å²) < 4.78 is 11.4. The number of nitrogens with two attached hydrogens (primary N) is 1. The van der Waals surface area contributed by atoms with Crippen LogP contribution in [0.1, 0.15) is 5.69 Å². The van der Waals surface area contributed by atoms with Gasteiger partial charge in [-0.2, -0.15) is 0 Å². The van der Waals surface area contributed by atoms with E-state index in [1.54, 1.807) is 30.3 Å². The van der Waals surface area contributed by atoms with E-state index in [2.05, 4.69) is 25.6 Å². The molecule has 0 saturated heterocycles. The van der Waals surface area contributed by atoms with E-state index in [0.717, 1.165) is 38.9 Å². The Morgan fingerprint density at radius 1 is 0.868 bits per heavy atom. The second-order valence-electron chi connectivity index (χ2n) is 8.46. The maximum Gasteiger partial charge on any atom is 0.418 e. The molecular formula is C29H22N6O3. The molecule has 0 aliphatic carbocycles. The fraction of sp³-hybridized carbons (Fsp3) is 0.0345. The minimum Gasteiger partial charge on any atom is -0.455 e. The topological polar surface area (TPSA) is 128 Å². The lowest BCUT2D eigenvalue weighted by atomic mass is 10.1. The first-order valence-corrected chi connectivity index (χ1v) is 11.9.